The average molecular weight is 292 g/mol. The predicted molar refractivity (Wildman–Crippen MR) is 84.5 cm³/mol. The monoisotopic (exact) mass is 291 g/mol. The molecule has 2 aromatic rings. The number of nitrogens with zero attached hydrogens (tertiary/aromatic N) is 2. The molecule has 108 valence electrons. The molecule has 0 saturated heterocycles. The van der Waals surface area contributed by atoms with E-state index >= 15 is 0 Å². The molecule has 0 bridgehead atoms. The zero-order chi connectivity index (χ0) is 14.7. The van der Waals surface area contributed by atoms with Crippen LogP contribution in [-0.4, -0.2) is 23.4 Å². The molecule has 0 spiro atoms. The van der Waals surface area contributed by atoms with E-state index in [2.05, 4.69) is 41.6 Å². The molecule has 1 heterocycles. The highest BCUT2D eigenvalue weighted by atomic mass is 35.5. The summed E-state index contributed by atoms with van der Waals surface area (Å²) in [5.74, 6) is 0.403. The van der Waals surface area contributed by atoms with Crippen LogP contribution < -0.4 is 5.32 Å². The Bertz CT molecular complexity index is 589. The summed E-state index contributed by atoms with van der Waals surface area (Å²) in [6.45, 7) is 5.07. The molecule has 20 heavy (non-hydrogen) atoms. The van der Waals surface area contributed by atoms with Crippen molar-refractivity contribution in [3.8, 4) is 0 Å². The van der Waals surface area contributed by atoms with Gasteiger partial charge in [0.2, 0.25) is 0 Å². The molecule has 1 unspecified atom stereocenters. The van der Waals surface area contributed by atoms with Gasteiger partial charge in [0.1, 0.15) is 5.15 Å². The molecular formula is C16H22ClN3. The van der Waals surface area contributed by atoms with E-state index in [9.17, 15) is 0 Å². The molecule has 0 aliphatic heterocycles. The molecule has 3 nitrogen and oxygen atoms in total. The van der Waals surface area contributed by atoms with E-state index in [4.69, 9.17) is 11.6 Å². The van der Waals surface area contributed by atoms with Gasteiger partial charge in [0.25, 0.3) is 0 Å². The molecule has 0 saturated carbocycles. The molecule has 4 heteroatoms. The number of halogens is 1. The first-order chi connectivity index (χ1) is 9.52. The van der Waals surface area contributed by atoms with E-state index in [0.29, 0.717) is 5.92 Å². The van der Waals surface area contributed by atoms with Crippen LogP contribution in [0.15, 0.2) is 24.3 Å². The third-order valence-corrected chi connectivity index (χ3v) is 4.16. The lowest BCUT2D eigenvalue weighted by molar-refractivity contribution is 0.624. The Morgan fingerprint density at radius 3 is 2.65 bits per heavy atom. The minimum Gasteiger partial charge on any atom is -0.319 e. The zero-order valence-corrected chi connectivity index (χ0v) is 13.3. The van der Waals surface area contributed by atoms with Crippen molar-refractivity contribution >= 4 is 11.6 Å². The standard InChI is InChI=1S/C16H22ClN3/c1-11-6-5-7-13(8-11)14(10-18-3)9-15-12(2)19-20(4)16(15)17/h5-8,14,18H,9-10H2,1-4H3. The lowest BCUT2D eigenvalue weighted by atomic mass is 9.91. The van der Waals surface area contributed by atoms with Crippen molar-refractivity contribution in [2.45, 2.75) is 26.2 Å². The predicted octanol–water partition coefficient (Wildman–Crippen LogP) is 3.24. The van der Waals surface area contributed by atoms with E-state index < -0.39 is 0 Å². The molecule has 0 fully saturated rings. The second-order valence-corrected chi connectivity index (χ2v) is 5.71. The topological polar surface area (TPSA) is 29.9 Å². The number of hydrogen-bond donors (Lipinski definition) is 1. The van der Waals surface area contributed by atoms with Crippen molar-refractivity contribution in [2.75, 3.05) is 13.6 Å². The molecule has 1 N–H and O–H groups in total. The average Bonchev–Trinajstić information content (AvgIpc) is 2.64. The van der Waals surface area contributed by atoms with E-state index in [1.54, 1.807) is 4.68 Å². The smallest absolute Gasteiger partial charge is 0.130 e. The van der Waals surface area contributed by atoms with Crippen molar-refractivity contribution in [1.82, 2.24) is 15.1 Å². The van der Waals surface area contributed by atoms with Crippen molar-refractivity contribution in [3.63, 3.8) is 0 Å². The minimum absolute atomic E-state index is 0.403. The Kier molecular flexibility index (Phi) is 4.84. The Morgan fingerprint density at radius 2 is 2.10 bits per heavy atom. The van der Waals surface area contributed by atoms with Gasteiger partial charge in [-0.2, -0.15) is 5.10 Å². The van der Waals surface area contributed by atoms with Crippen LogP contribution in [0.25, 0.3) is 0 Å². The van der Waals surface area contributed by atoms with Gasteiger partial charge in [-0.05, 0) is 32.9 Å². The van der Waals surface area contributed by atoms with E-state index in [0.717, 1.165) is 29.4 Å². The summed E-state index contributed by atoms with van der Waals surface area (Å²) in [6.07, 6.45) is 0.906. The fraction of sp³-hybridized carbons (Fsp3) is 0.438. The fourth-order valence-electron chi connectivity index (χ4n) is 2.63. The van der Waals surface area contributed by atoms with Crippen LogP contribution in [0.3, 0.4) is 0 Å². The number of nitrogens with one attached hydrogen (secondary N) is 1. The summed E-state index contributed by atoms with van der Waals surface area (Å²) in [5.41, 5.74) is 4.80. The van der Waals surface area contributed by atoms with Crippen LogP contribution in [-0.2, 0) is 13.5 Å². The highest BCUT2D eigenvalue weighted by molar-refractivity contribution is 6.30. The first-order valence-corrected chi connectivity index (χ1v) is 7.30. The highest BCUT2D eigenvalue weighted by Crippen LogP contribution is 2.27. The van der Waals surface area contributed by atoms with Crippen molar-refractivity contribution < 1.29 is 0 Å². The number of likely N-dealkylation sites (N-methyl/N-ethyl adjacent to an activating group) is 1. The molecule has 1 aromatic carbocycles. The Hall–Kier alpha value is -1.32. The van der Waals surface area contributed by atoms with Crippen LogP contribution in [0.4, 0.5) is 0 Å². The minimum atomic E-state index is 0.403. The Balaban J connectivity index is 2.30. The lowest BCUT2D eigenvalue weighted by Crippen LogP contribution is -2.19. The molecule has 0 amide bonds. The molecular weight excluding hydrogens is 270 g/mol. The molecule has 0 radical (unpaired) electrons. The van der Waals surface area contributed by atoms with E-state index in [1.807, 2.05) is 21.0 Å². The first-order valence-electron chi connectivity index (χ1n) is 6.92. The van der Waals surface area contributed by atoms with Crippen molar-refractivity contribution in [2.24, 2.45) is 7.05 Å². The van der Waals surface area contributed by atoms with Gasteiger partial charge in [0.05, 0.1) is 5.69 Å². The maximum atomic E-state index is 6.36. The highest BCUT2D eigenvalue weighted by Gasteiger charge is 2.18. The maximum absolute atomic E-state index is 6.36. The summed E-state index contributed by atoms with van der Waals surface area (Å²) in [6, 6.07) is 8.68. The second kappa shape index (κ2) is 6.42. The van der Waals surface area contributed by atoms with E-state index in [1.165, 1.54) is 11.1 Å². The number of aryl methyl sites for hydroxylation is 3. The molecule has 1 atom stereocenters. The quantitative estimate of drug-likeness (QED) is 0.916. The maximum Gasteiger partial charge on any atom is 0.130 e. The molecule has 0 aliphatic rings. The third kappa shape index (κ3) is 3.22. The number of benzene rings is 1. The van der Waals surface area contributed by atoms with Crippen LogP contribution in [0.5, 0.6) is 0 Å². The second-order valence-electron chi connectivity index (χ2n) is 5.35. The van der Waals surface area contributed by atoms with Gasteiger partial charge in [-0.1, -0.05) is 41.4 Å². The SMILES string of the molecule is CNCC(Cc1c(C)nn(C)c1Cl)c1cccc(C)c1. The van der Waals surface area contributed by atoms with Crippen LogP contribution in [0.2, 0.25) is 5.15 Å². The molecule has 1 aromatic heterocycles. The summed E-state index contributed by atoms with van der Waals surface area (Å²) >= 11 is 6.36. The van der Waals surface area contributed by atoms with Gasteiger partial charge >= 0.3 is 0 Å². The summed E-state index contributed by atoms with van der Waals surface area (Å²) in [5, 5.41) is 8.43. The lowest BCUT2D eigenvalue weighted by Gasteiger charge is -2.17. The zero-order valence-electron chi connectivity index (χ0n) is 12.6. The van der Waals surface area contributed by atoms with Crippen LogP contribution in [0.1, 0.15) is 28.3 Å². The van der Waals surface area contributed by atoms with Crippen molar-refractivity contribution in [3.05, 3.63) is 51.8 Å². The van der Waals surface area contributed by atoms with E-state index in [-0.39, 0.29) is 0 Å². The van der Waals surface area contributed by atoms with Crippen molar-refractivity contribution in [1.29, 1.82) is 0 Å². The summed E-state index contributed by atoms with van der Waals surface area (Å²) in [7, 11) is 3.87. The number of aromatic nitrogens is 2. The summed E-state index contributed by atoms with van der Waals surface area (Å²) in [4.78, 5) is 0. The Labute approximate surface area is 126 Å². The largest absolute Gasteiger partial charge is 0.319 e. The molecule has 0 aliphatic carbocycles. The number of hydrogen-bond acceptors (Lipinski definition) is 2. The third-order valence-electron chi connectivity index (χ3n) is 3.68. The first kappa shape index (κ1) is 15.1. The van der Waals surface area contributed by atoms with Gasteiger partial charge in [0.15, 0.2) is 0 Å². The van der Waals surface area contributed by atoms with Gasteiger partial charge in [-0.25, -0.2) is 0 Å². The normalized spacial score (nSPS) is 12.7. The Morgan fingerprint density at radius 1 is 1.35 bits per heavy atom. The van der Waals surface area contributed by atoms with Gasteiger partial charge in [-0.15, -0.1) is 0 Å². The van der Waals surface area contributed by atoms with Crippen LogP contribution >= 0.6 is 11.6 Å². The fourth-order valence-corrected chi connectivity index (χ4v) is 2.88. The number of rotatable bonds is 5. The van der Waals surface area contributed by atoms with Gasteiger partial charge in [0, 0.05) is 25.1 Å². The van der Waals surface area contributed by atoms with Gasteiger partial charge < -0.3 is 5.32 Å². The summed E-state index contributed by atoms with van der Waals surface area (Å²) < 4.78 is 1.75. The van der Waals surface area contributed by atoms with Gasteiger partial charge in [-0.3, -0.25) is 4.68 Å². The molecule has 2 rings (SSSR count). The van der Waals surface area contributed by atoms with Crippen LogP contribution in [0, 0.1) is 13.8 Å².